The van der Waals surface area contributed by atoms with Crippen molar-refractivity contribution < 1.29 is 9.50 Å². The molecule has 0 radical (unpaired) electrons. The largest absolute Gasteiger partial charge is 0.387 e. The lowest BCUT2D eigenvalue weighted by Crippen LogP contribution is -2.29. The molecule has 1 aromatic rings. The minimum absolute atomic E-state index is 0.333. The van der Waals surface area contributed by atoms with E-state index in [4.69, 9.17) is 0 Å². The van der Waals surface area contributed by atoms with E-state index >= 15 is 0 Å². The van der Waals surface area contributed by atoms with Gasteiger partial charge in [0.25, 0.3) is 0 Å². The van der Waals surface area contributed by atoms with Crippen molar-refractivity contribution in [3.05, 3.63) is 35.6 Å². The van der Waals surface area contributed by atoms with Crippen LogP contribution in [0, 0.1) is 11.7 Å². The number of benzene rings is 1. The van der Waals surface area contributed by atoms with E-state index in [1.54, 1.807) is 18.2 Å². The topological polar surface area (TPSA) is 32.3 Å². The van der Waals surface area contributed by atoms with Crippen LogP contribution in [0.1, 0.15) is 24.5 Å². The lowest BCUT2D eigenvalue weighted by atomic mass is 10.0. The van der Waals surface area contributed by atoms with Gasteiger partial charge in [0.05, 0.1) is 6.10 Å². The van der Waals surface area contributed by atoms with Crippen molar-refractivity contribution in [3.8, 4) is 0 Å². The third-order valence-electron chi connectivity index (χ3n) is 3.38. The fourth-order valence-corrected chi connectivity index (χ4v) is 3.43. The van der Waals surface area contributed by atoms with Crippen LogP contribution >= 0.6 is 11.8 Å². The number of hydrogen-bond acceptors (Lipinski definition) is 3. The van der Waals surface area contributed by atoms with Crippen molar-refractivity contribution in [1.82, 2.24) is 5.32 Å². The maximum atomic E-state index is 13.4. The average Bonchev–Trinajstić information content (AvgIpc) is 2.40. The summed E-state index contributed by atoms with van der Waals surface area (Å²) in [6.45, 7) is 1.34. The van der Waals surface area contributed by atoms with Crippen LogP contribution in [0.4, 0.5) is 4.39 Å². The van der Waals surface area contributed by atoms with Crippen LogP contribution in [0.5, 0.6) is 0 Å². The summed E-state index contributed by atoms with van der Waals surface area (Å²) in [5.41, 5.74) is 0.379. The van der Waals surface area contributed by atoms with Gasteiger partial charge in [0.2, 0.25) is 0 Å². The summed E-state index contributed by atoms with van der Waals surface area (Å²) < 4.78 is 13.4. The van der Waals surface area contributed by atoms with Crippen LogP contribution in [0.3, 0.4) is 0 Å². The van der Waals surface area contributed by atoms with Crippen molar-refractivity contribution >= 4 is 11.8 Å². The minimum atomic E-state index is -0.760. The van der Waals surface area contributed by atoms with Crippen LogP contribution in [-0.2, 0) is 0 Å². The smallest absolute Gasteiger partial charge is 0.129 e. The summed E-state index contributed by atoms with van der Waals surface area (Å²) in [6, 6.07) is 6.41. The first-order valence-corrected chi connectivity index (χ1v) is 7.64. The Balaban J connectivity index is 1.74. The lowest BCUT2D eigenvalue weighted by Gasteiger charge is -2.22. The van der Waals surface area contributed by atoms with Crippen molar-refractivity contribution in [2.24, 2.45) is 5.92 Å². The molecular formula is C14H20FNOS. The van der Waals surface area contributed by atoms with E-state index in [1.165, 1.54) is 30.4 Å². The summed E-state index contributed by atoms with van der Waals surface area (Å²) in [4.78, 5) is 0. The monoisotopic (exact) mass is 269 g/mol. The van der Waals surface area contributed by atoms with Gasteiger partial charge in [0, 0.05) is 12.1 Å². The van der Waals surface area contributed by atoms with Gasteiger partial charge >= 0.3 is 0 Å². The van der Waals surface area contributed by atoms with E-state index in [0.29, 0.717) is 18.0 Å². The molecule has 0 bridgehead atoms. The van der Waals surface area contributed by atoms with Crippen molar-refractivity contribution in [2.75, 3.05) is 24.6 Å². The summed E-state index contributed by atoms with van der Waals surface area (Å²) in [5, 5.41) is 13.2. The molecule has 2 N–H and O–H groups in total. The Morgan fingerprint density at radius 3 is 2.78 bits per heavy atom. The number of aliphatic hydroxyl groups excluding tert-OH is 1. The Kier molecular flexibility index (Phi) is 5.47. The van der Waals surface area contributed by atoms with Gasteiger partial charge in [-0.1, -0.05) is 18.2 Å². The lowest BCUT2D eigenvalue weighted by molar-refractivity contribution is 0.168. The van der Waals surface area contributed by atoms with Crippen LogP contribution < -0.4 is 5.32 Å². The SMILES string of the molecule is OC(CNCC1CCSCC1)c1ccccc1F. The zero-order chi connectivity index (χ0) is 12.8. The van der Waals surface area contributed by atoms with E-state index in [-0.39, 0.29) is 5.82 Å². The zero-order valence-electron chi connectivity index (χ0n) is 10.4. The van der Waals surface area contributed by atoms with Crippen LogP contribution in [0.15, 0.2) is 24.3 Å². The van der Waals surface area contributed by atoms with Gasteiger partial charge < -0.3 is 10.4 Å². The van der Waals surface area contributed by atoms with Crippen molar-refractivity contribution in [2.45, 2.75) is 18.9 Å². The van der Waals surface area contributed by atoms with Crippen molar-refractivity contribution in [3.63, 3.8) is 0 Å². The summed E-state index contributed by atoms with van der Waals surface area (Å²) in [5.74, 6) is 2.85. The second-order valence-corrected chi connectivity index (χ2v) is 5.98. The highest BCUT2D eigenvalue weighted by Gasteiger charge is 2.15. The van der Waals surface area contributed by atoms with E-state index in [9.17, 15) is 9.50 Å². The molecule has 1 saturated heterocycles. The number of halogens is 1. The molecule has 100 valence electrons. The molecule has 4 heteroatoms. The Labute approximate surface area is 112 Å². The average molecular weight is 269 g/mol. The van der Waals surface area contributed by atoms with Crippen LogP contribution in [0.25, 0.3) is 0 Å². The first-order valence-electron chi connectivity index (χ1n) is 6.48. The molecule has 2 nitrogen and oxygen atoms in total. The molecule has 1 aromatic carbocycles. The fourth-order valence-electron chi connectivity index (χ4n) is 2.23. The molecule has 0 aromatic heterocycles. The van der Waals surface area contributed by atoms with Gasteiger partial charge in [-0.25, -0.2) is 4.39 Å². The molecule has 1 fully saturated rings. The highest BCUT2D eigenvalue weighted by Crippen LogP contribution is 2.22. The molecule has 0 spiro atoms. The van der Waals surface area contributed by atoms with Gasteiger partial charge in [-0.2, -0.15) is 11.8 Å². The third-order valence-corrected chi connectivity index (χ3v) is 4.42. The molecule has 18 heavy (non-hydrogen) atoms. The standard InChI is InChI=1S/C14H20FNOS/c15-13-4-2-1-3-12(13)14(17)10-16-9-11-5-7-18-8-6-11/h1-4,11,14,16-17H,5-10H2. The molecule has 0 saturated carbocycles. The van der Waals surface area contributed by atoms with E-state index in [2.05, 4.69) is 5.32 Å². The van der Waals surface area contributed by atoms with E-state index in [1.807, 2.05) is 11.8 Å². The highest BCUT2D eigenvalue weighted by atomic mass is 32.2. The second kappa shape index (κ2) is 7.12. The van der Waals surface area contributed by atoms with Gasteiger partial charge in [-0.05, 0) is 42.9 Å². The molecule has 1 atom stereocenters. The van der Waals surface area contributed by atoms with Crippen LogP contribution in [0.2, 0.25) is 0 Å². The molecular weight excluding hydrogens is 249 g/mol. The third kappa shape index (κ3) is 3.97. The fraction of sp³-hybridized carbons (Fsp3) is 0.571. The van der Waals surface area contributed by atoms with E-state index in [0.717, 1.165) is 6.54 Å². The predicted molar refractivity (Wildman–Crippen MR) is 74.3 cm³/mol. The maximum Gasteiger partial charge on any atom is 0.129 e. The Morgan fingerprint density at radius 2 is 2.06 bits per heavy atom. The van der Waals surface area contributed by atoms with Gasteiger partial charge in [-0.3, -0.25) is 0 Å². The minimum Gasteiger partial charge on any atom is -0.387 e. The van der Waals surface area contributed by atoms with Gasteiger partial charge in [0.1, 0.15) is 5.82 Å². The normalized spacial score (nSPS) is 18.8. The Bertz CT molecular complexity index is 369. The molecule has 1 aliphatic rings. The molecule has 1 unspecified atom stereocenters. The Morgan fingerprint density at radius 1 is 1.33 bits per heavy atom. The molecule has 1 heterocycles. The number of aliphatic hydroxyl groups is 1. The van der Waals surface area contributed by atoms with E-state index < -0.39 is 6.10 Å². The first-order chi connectivity index (χ1) is 8.77. The van der Waals surface area contributed by atoms with Gasteiger partial charge in [-0.15, -0.1) is 0 Å². The first kappa shape index (κ1) is 13.8. The summed E-state index contributed by atoms with van der Waals surface area (Å²) in [6.07, 6.45) is 1.73. The van der Waals surface area contributed by atoms with Crippen molar-refractivity contribution in [1.29, 1.82) is 0 Å². The number of rotatable bonds is 5. The second-order valence-electron chi connectivity index (χ2n) is 4.75. The van der Waals surface area contributed by atoms with Crippen LogP contribution in [-0.4, -0.2) is 29.7 Å². The Hall–Kier alpha value is -0.580. The number of nitrogens with one attached hydrogen (secondary N) is 1. The number of hydrogen-bond donors (Lipinski definition) is 2. The number of thioether (sulfide) groups is 1. The molecule has 0 aliphatic carbocycles. The summed E-state index contributed by atoms with van der Waals surface area (Å²) >= 11 is 2.01. The zero-order valence-corrected chi connectivity index (χ0v) is 11.3. The maximum absolute atomic E-state index is 13.4. The molecule has 0 amide bonds. The highest BCUT2D eigenvalue weighted by molar-refractivity contribution is 7.99. The summed E-state index contributed by atoms with van der Waals surface area (Å²) in [7, 11) is 0. The predicted octanol–water partition coefficient (Wildman–Crippen LogP) is 2.59. The molecule has 2 rings (SSSR count). The molecule has 1 aliphatic heterocycles. The quantitative estimate of drug-likeness (QED) is 0.862. The van der Waals surface area contributed by atoms with Gasteiger partial charge in [0.15, 0.2) is 0 Å².